The summed E-state index contributed by atoms with van der Waals surface area (Å²) >= 11 is 6.74. The van der Waals surface area contributed by atoms with Gasteiger partial charge < -0.3 is 0 Å². The Kier molecular flexibility index (Phi) is 3.61. The van der Waals surface area contributed by atoms with Crippen LogP contribution in [0.5, 0.6) is 0 Å². The number of benzene rings is 1. The van der Waals surface area contributed by atoms with E-state index in [1.807, 2.05) is 17.9 Å². The predicted molar refractivity (Wildman–Crippen MR) is 78.4 cm³/mol. The van der Waals surface area contributed by atoms with Crippen LogP contribution >= 0.6 is 11.6 Å². The molecule has 0 aliphatic heterocycles. The van der Waals surface area contributed by atoms with Crippen LogP contribution in [-0.2, 0) is 19.9 Å². The number of hydrogen-bond acceptors (Lipinski definition) is 1. The first-order valence-corrected chi connectivity index (χ1v) is 7.38. The van der Waals surface area contributed by atoms with E-state index >= 15 is 0 Å². The molecule has 19 heavy (non-hydrogen) atoms. The van der Waals surface area contributed by atoms with Crippen LogP contribution < -0.4 is 0 Å². The molecule has 0 saturated carbocycles. The van der Waals surface area contributed by atoms with E-state index in [2.05, 4.69) is 35.4 Å². The van der Waals surface area contributed by atoms with Crippen molar-refractivity contribution in [3.05, 3.63) is 53.3 Å². The summed E-state index contributed by atoms with van der Waals surface area (Å²) in [5.74, 6) is 0.486. The van der Waals surface area contributed by atoms with Gasteiger partial charge in [0.25, 0.3) is 0 Å². The molecule has 100 valence electrons. The van der Waals surface area contributed by atoms with Crippen LogP contribution in [0, 0.1) is 5.92 Å². The maximum Gasteiger partial charge on any atom is 0.0627 e. The van der Waals surface area contributed by atoms with Crippen LogP contribution in [0.15, 0.2) is 36.5 Å². The summed E-state index contributed by atoms with van der Waals surface area (Å²) in [6, 6.07) is 10.7. The van der Waals surface area contributed by atoms with Crippen molar-refractivity contribution >= 4 is 11.6 Å². The van der Waals surface area contributed by atoms with Gasteiger partial charge >= 0.3 is 0 Å². The van der Waals surface area contributed by atoms with Crippen LogP contribution in [0.25, 0.3) is 0 Å². The lowest BCUT2D eigenvalue weighted by Gasteiger charge is -2.20. The molecule has 1 heterocycles. The number of rotatable bonds is 2. The van der Waals surface area contributed by atoms with Crippen LogP contribution in [0.4, 0.5) is 0 Å². The summed E-state index contributed by atoms with van der Waals surface area (Å²) in [7, 11) is 1.96. The summed E-state index contributed by atoms with van der Waals surface area (Å²) in [5.41, 5.74) is 3.89. The molecule has 3 rings (SSSR count). The van der Waals surface area contributed by atoms with Crippen LogP contribution in [0.1, 0.15) is 35.0 Å². The van der Waals surface area contributed by atoms with Gasteiger partial charge in [-0.1, -0.05) is 24.3 Å². The monoisotopic (exact) mass is 274 g/mol. The molecule has 3 heteroatoms. The first kappa shape index (κ1) is 12.7. The molecule has 0 N–H and O–H groups in total. The molecule has 1 aliphatic rings. The number of alkyl halides is 1. The van der Waals surface area contributed by atoms with Gasteiger partial charge in [0, 0.05) is 13.2 Å². The van der Waals surface area contributed by atoms with Gasteiger partial charge in [0.15, 0.2) is 0 Å². The third-order valence-corrected chi connectivity index (χ3v) is 4.62. The minimum Gasteiger partial charge on any atom is -0.276 e. The number of aromatic nitrogens is 2. The van der Waals surface area contributed by atoms with Crippen LogP contribution in [-0.4, -0.2) is 9.78 Å². The summed E-state index contributed by atoms with van der Waals surface area (Å²) in [4.78, 5) is 0. The topological polar surface area (TPSA) is 17.8 Å². The first-order valence-electron chi connectivity index (χ1n) is 6.94. The lowest BCUT2D eigenvalue weighted by molar-refractivity contribution is 0.458. The normalized spacial score (nSPS) is 22.8. The van der Waals surface area contributed by atoms with Crippen LogP contribution in [0.2, 0.25) is 0 Å². The summed E-state index contributed by atoms with van der Waals surface area (Å²) < 4.78 is 1.86. The average molecular weight is 275 g/mol. The zero-order chi connectivity index (χ0) is 13.2. The molecule has 0 radical (unpaired) electrons. The van der Waals surface area contributed by atoms with Gasteiger partial charge in [-0.15, -0.1) is 11.6 Å². The van der Waals surface area contributed by atoms with Crippen molar-refractivity contribution in [1.82, 2.24) is 9.78 Å². The number of fused-ring (bicyclic) bond motifs is 1. The molecule has 2 nitrogen and oxygen atoms in total. The Hall–Kier alpha value is -1.28. The second-order valence-corrected chi connectivity index (χ2v) is 5.91. The van der Waals surface area contributed by atoms with Gasteiger partial charge in [-0.3, -0.25) is 4.68 Å². The Morgan fingerprint density at radius 1 is 1.32 bits per heavy atom. The molecular formula is C16H19ClN2. The van der Waals surface area contributed by atoms with Gasteiger partial charge in [0.1, 0.15) is 0 Å². The standard InChI is InChI=1S/C16H19ClN2/c1-19-10-9-14(18-19)11-13-7-4-6-12-5-2-3-8-15(12)16(13)17/h2-3,5,8-10,13,16H,4,6-7,11H2,1H3. The highest BCUT2D eigenvalue weighted by Gasteiger charge is 2.26. The van der Waals surface area contributed by atoms with Crippen molar-refractivity contribution in [2.24, 2.45) is 13.0 Å². The second kappa shape index (κ2) is 5.38. The van der Waals surface area contributed by atoms with Gasteiger partial charge in [-0.05, 0) is 48.8 Å². The quantitative estimate of drug-likeness (QED) is 0.600. The van der Waals surface area contributed by atoms with Crippen LogP contribution in [0.3, 0.4) is 0 Å². The van der Waals surface area contributed by atoms with E-state index in [1.54, 1.807) is 0 Å². The minimum atomic E-state index is 0.112. The molecule has 2 aromatic rings. The van der Waals surface area contributed by atoms with E-state index in [-0.39, 0.29) is 5.38 Å². The molecule has 1 aromatic carbocycles. The molecular weight excluding hydrogens is 256 g/mol. The van der Waals surface area contributed by atoms with Crippen molar-refractivity contribution in [2.75, 3.05) is 0 Å². The second-order valence-electron chi connectivity index (χ2n) is 5.44. The van der Waals surface area contributed by atoms with Gasteiger partial charge in [-0.2, -0.15) is 5.10 Å². The minimum absolute atomic E-state index is 0.112. The first-order chi connectivity index (χ1) is 9.24. The highest BCUT2D eigenvalue weighted by Crippen LogP contribution is 2.39. The van der Waals surface area contributed by atoms with Crippen molar-refractivity contribution in [3.8, 4) is 0 Å². The van der Waals surface area contributed by atoms with Crippen molar-refractivity contribution in [3.63, 3.8) is 0 Å². The van der Waals surface area contributed by atoms with Gasteiger partial charge in [-0.25, -0.2) is 0 Å². The Labute approximate surface area is 119 Å². The Balaban J connectivity index is 1.83. The molecule has 1 aromatic heterocycles. The van der Waals surface area contributed by atoms with E-state index in [0.29, 0.717) is 5.92 Å². The lowest BCUT2D eigenvalue weighted by atomic mass is 9.92. The summed E-state index contributed by atoms with van der Waals surface area (Å²) in [6.45, 7) is 0. The SMILES string of the molecule is Cn1ccc(CC2CCCc3ccccc3C2Cl)n1. The molecule has 0 amide bonds. The molecule has 0 fully saturated rings. The van der Waals surface area contributed by atoms with Crippen molar-refractivity contribution < 1.29 is 0 Å². The largest absolute Gasteiger partial charge is 0.276 e. The molecule has 0 saturated heterocycles. The maximum atomic E-state index is 6.74. The predicted octanol–water partition coefficient (Wildman–Crippen LogP) is 3.90. The fourth-order valence-electron chi connectivity index (χ4n) is 3.03. The number of nitrogens with zero attached hydrogens (tertiary/aromatic N) is 2. The third-order valence-electron chi connectivity index (χ3n) is 4.03. The highest BCUT2D eigenvalue weighted by molar-refractivity contribution is 6.21. The van der Waals surface area contributed by atoms with E-state index in [4.69, 9.17) is 11.6 Å². The molecule has 0 bridgehead atoms. The zero-order valence-electron chi connectivity index (χ0n) is 11.2. The fourth-order valence-corrected chi connectivity index (χ4v) is 3.46. The zero-order valence-corrected chi connectivity index (χ0v) is 12.0. The fraction of sp³-hybridized carbons (Fsp3) is 0.438. The molecule has 1 aliphatic carbocycles. The maximum absolute atomic E-state index is 6.74. The number of hydrogen-bond donors (Lipinski definition) is 0. The third kappa shape index (κ3) is 2.69. The van der Waals surface area contributed by atoms with E-state index in [1.165, 1.54) is 24.0 Å². The number of aryl methyl sites for hydroxylation is 2. The molecule has 2 atom stereocenters. The number of halogens is 1. The Bertz CT molecular complexity index is 561. The highest BCUT2D eigenvalue weighted by atomic mass is 35.5. The van der Waals surface area contributed by atoms with E-state index in [0.717, 1.165) is 18.5 Å². The average Bonchev–Trinajstić information content (AvgIpc) is 2.75. The lowest BCUT2D eigenvalue weighted by Crippen LogP contribution is -2.11. The molecule has 2 unspecified atom stereocenters. The van der Waals surface area contributed by atoms with Gasteiger partial charge in [0.2, 0.25) is 0 Å². The molecule has 0 spiro atoms. The van der Waals surface area contributed by atoms with Crippen molar-refractivity contribution in [1.29, 1.82) is 0 Å². The summed E-state index contributed by atoms with van der Waals surface area (Å²) in [5, 5.41) is 4.60. The van der Waals surface area contributed by atoms with E-state index < -0.39 is 0 Å². The van der Waals surface area contributed by atoms with E-state index in [9.17, 15) is 0 Å². The summed E-state index contributed by atoms with van der Waals surface area (Å²) in [6.07, 6.45) is 6.53. The Morgan fingerprint density at radius 2 is 2.16 bits per heavy atom. The Morgan fingerprint density at radius 3 is 2.95 bits per heavy atom. The van der Waals surface area contributed by atoms with Crippen molar-refractivity contribution in [2.45, 2.75) is 31.1 Å². The van der Waals surface area contributed by atoms with Gasteiger partial charge in [0.05, 0.1) is 11.1 Å². The smallest absolute Gasteiger partial charge is 0.0627 e.